The molecule has 0 fully saturated rings. The Hall–Kier alpha value is -1.02. The summed E-state index contributed by atoms with van der Waals surface area (Å²) in [7, 11) is 0. The fourth-order valence-electron chi connectivity index (χ4n) is 2.42. The van der Waals surface area contributed by atoms with Crippen molar-refractivity contribution in [2.24, 2.45) is 0 Å². The van der Waals surface area contributed by atoms with Gasteiger partial charge in [-0.3, -0.25) is 0 Å². The third-order valence-electron chi connectivity index (χ3n) is 3.40. The van der Waals surface area contributed by atoms with Crippen LogP contribution in [-0.4, -0.2) is 6.54 Å². The van der Waals surface area contributed by atoms with E-state index < -0.39 is 0 Å². The molecule has 20 heavy (non-hydrogen) atoms. The lowest BCUT2D eigenvalue weighted by Gasteiger charge is -2.21. The van der Waals surface area contributed by atoms with Gasteiger partial charge in [-0.25, -0.2) is 0 Å². The van der Waals surface area contributed by atoms with Crippen LogP contribution in [0.3, 0.4) is 0 Å². The first-order valence-corrected chi connectivity index (χ1v) is 7.59. The fourth-order valence-corrected chi connectivity index (χ4v) is 2.82. The number of hydrogen-bond acceptors (Lipinski definition) is 1. The molecule has 0 aromatic heterocycles. The average molecular weight is 308 g/mol. The second-order valence-electron chi connectivity index (χ2n) is 4.95. The fraction of sp³-hybridized carbons (Fsp3) is 0.294. The topological polar surface area (TPSA) is 12.0 Å². The number of nitrogens with one attached hydrogen (secondary N) is 1. The molecule has 0 bridgehead atoms. The highest BCUT2D eigenvalue weighted by molar-refractivity contribution is 6.30. The number of halogens is 2. The van der Waals surface area contributed by atoms with Crippen LogP contribution in [0, 0.1) is 6.92 Å². The van der Waals surface area contributed by atoms with Crippen molar-refractivity contribution in [3.8, 4) is 0 Å². The van der Waals surface area contributed by atoms with Gasteiger partial charge < -0.3 is 5.32 Å². The van der Waals surface area contributed by atoms with E-state index in [2.05, 4.69) is 37.4 Å². The van der Waals surface area contributed by atoms with E-state index >= 15 is 0 Å². The maximum atomic E-state index is 6.14. The zero-order valence-corrected chi connectivity index (χ0v) is 13.3. The number of hydrogen-bond donors (Lipinski definition) is 1. The lowest BCUT2D eigenvalue weighted by Crippen LogP contribution is -2.23. The first-order chi connectivity index (χ1) is 9.60. The molecule has 0 amide bonds. The normalized spacial score (nSPS) is 12.4. The Morgan fingerprint density at radius 3 is 2.50 bits per heavy atom. The second kappa shape index (κ2) is 7.12. The number of likely N-dealkylation sites (N-methyl/N-ethyl adjacent to an activating group) is 1. The van der Waals surface area contributed by atoms with Crippen LogP contribution in [0.2, 0.25) is 10.0 Å². The molecule has 0 spiro atoms. The van der Waals surface area contributed by atoms with Gasteiger partial charge in [0.15, 0.2) is 0 Å². The smallest absolute Gasteiger partial charge is 0.0409 e. The van der Waals surface area contributed by atoms with Gasteiger partial charge in [0.05, 0.1) is 0 Å². The first kappa shape index (κ1) is 15.4. The van der Waals surface area contributed by atoms with Crippen molar-refractivity contribution >= 4 is 23.2 Å². The summed E-state index contributed by atoms with van der Waals surface area (Å²) in [5.74, 6) is 0. The molecule has 0 aliphatic rings. The number of aryl methyl sites for hydroxylation is 1. The quantitative estimate of drug-likeness (QED) is 0.801. The van der Waals surface area contributed by atoms with Gasteiger partial charge in [0.25, 0.3) is 0 Å². The SMILES string of the molecule is CCNC(Cc1cccc(Cl)c1)c1cc(Cl)ccc1C. The second-order valence-corrected chi connectivity index (χ2v) is 5.82. The summed E-state index contributed by atoms with van der Waals surface area (Å²) in [6, 6.07) is 14.3. The maximum Gasteiger partial charge on any atom is 0.0409 e. The van der Waals surface area contributed by atoms with Crippen LogP contribution in [0.15, 0.2) is 42.5 Å². The molecule has 0 aliphatic carbocycles. The van der Waals surface area contributed by atoms with E-state index in [1.54, 1.807) is 0 Å². The summed E-state index contributed by atoms with van der Waals surface area (Å²) in [5.41, 5.74) is 3.73. The van der Waals surface area contributed by atoms with Crippen molar-refractivity contribution in [2.75, 3.05) is 6.54 Å². The van der Waals surface area contributed by atoms with Crippen molar-refractivity contribution in [3.63, 3.8) is 0 Å². The van der Waals surface area contributed by atoms with Crippen molar-refractivity contribution in [3.05, 3.63) is 69.2 Å². The Kier molecular flexibility index (Phi) is 5.47. The Morgan fingerprint density at radius 2 is 1.80 bits per heavy atom. The minimum absolute atomic E-state index is 0.247. The molecule has 0 saturated heterocycles. The Labute approximate surface area is 130 Å². The molecule has 2 rings (SSSR count). The standard InChI is InChI=1S/C17H19Cl2N/c1-3-20-17(10-13-5-4-6-14(18)9-13)16-11-15(19)8-7-12(16)2/h4-9,11,17,20H,3,10H2,1-2H3. The van der Waals surface area contributed by atoms with E-state index in [1.807, 2.05) is 24.3 Å². The third kappa shape index (κ3) is 3.99. The zero-order chi connectivity index (χ0) is 14.5. The van der Waals surface area contributed by atoms with Crippen LogP contribution in [-0.2, 0) is 6.42 Å². The van der Waals surface area contributed by atoms with Crippen molar-refractivity contribution in [1.29, 1.82) is 0 Å². The summed E-state index contributed by atoms with van der Waals surface area (Å²) >= 11 is 12.2. The summed E-state index contributed by atoms with van der Waals surface area (Å²) in [6.07, 6.45) is 0.898. The Bertz CT molecular complexity index is 581. The Balaban J connectivity index is 2.29. The van der Waals surface area contributed by atoms with E-state index in [9.17, 15) is 0 Å². The van der Waals surface area contributed by atoms with Crippen molar-refractivity contribution in [2.45, 2.75) is 26.3 Å². The lowest BCUT2D eigenvalue weighted by atomic mass is 9.95. The molecule has 2 aromatic rings. The van der Waals surface area contributed by atoms with Gasteiger partial charge in [-0.1, -0.05) is 48.3 Å². The highest BCUT2D eigenvalue weighted by Crippen LogP contribution is 2.25. The summed E-state index contributed by atoms with van der Waals surface area (Å²) in [6.45, 7) is 5.15. The molecular weight excluding hydrogens is 289 g/mol. The van der Waals surface area contributed by atoms with Gasteiger partial charge in [-0.15, -0.1) is 0 Å². The monoisotopic (exact) mass is 307 g/mol. The summed E-state index contributed by atoms with van der Waals surface area (Å²) in [5, 5.41) is 5.09. The van der Waals surface area contributed by atoms with Gasteiger partial charge in [-0.2, -0.15) is 0 Å². The molecule has 0 aliphatic heterocycles. The van der Waals surface area contributed by atoms with E-state index in [0.29, 0.717) is 0 Å². The van der Waals surface area contributed by atoms with E-state index in [-0.39, 0.29) is 6.04 Å². The predicted octanol–water partition coefficient (Wildman–Crippen LogP) is 5.20. The minimum atomic E-state index is 0.247. The predicted molar refractivity (Wildman–Crippen MR) is 87.8 cm³/mol. The van der Waals surface area contributed by atoms with Gasteiger partial charge in [0, 0.05) is 16.1 Å². The molecule has 1 N–H and O–H groups in total. The van der Waals surface area contributed by atoms with E-state index in [0.717, 1.165) is 23.0 Å². The molecular formula is C17H19Cl2N. The maximum absolute atomic E-state index is 6.14. The highest BCUT2D eigenvalue weighted by Gasteiger charge is 2.14. The van der Waals surface area contributed by atoms with Crippen molar-refractivity contribution in [1.82, 2.24) is 5.32 Å². The molecule has 1 atom stereocenters. The highest BCUT2D eigenvalue weighted by atomic mass is 35.5. The zero-order valence-electron chi connectivity index (χ0n) is 11.8. The van der Waals surface area contributed by atoms with Crippen LogP contribution >= 0.6 is 23.2 Å². The van der Waals surface area contributed by atoms with Crippen molar-refractivity contribution < 1.29 is 0 Å². The van der Waals surface area contributed by atoms with Gasteiger partial charge in [0.2, 0.25) is 0 Å². The van der Waals surface area contributed by atoms with Crippen LogP contribution in [0.1, 0.15) is 29.7 Å². The summed E-state index contributed by atoms with van der Waals surface area (Å²) < 4.78 is 0. The average Bonchev–Trinajstić information content (AvgIpc) is 2.41. The van der Waals surface area contributed by atoms with Gasteiger partial charge in [0.1, 0.15) is 0 Å². The molecule has 0 radical (unpaired) electrons. The van der Waals surface area contributed by atoms with Gasteiger partial charge in [-0.05, 0) is 60.8 Å². The molecule has 0 heterocycles. The number of rotatable bonds is 5. The molecule has 106 valence electrons. The molecule has 3 heteroatoms. The van der Waals surface area contributed by atoms with Gasteiger partial charge >= 0.3 is 0 Å². The lowest BCUT2D eigenvalue weighted by molar-refractivity contribution is 0.547. The van der Waals surface area contributed by atoms with Crippen LogP contribution in [0.25, 0.3) is 0 Å². The van der Waals surface area contributed by atoms with E-state index in [1.165, 1.54) is 16.7 Å². The van der Waals surface area contributed by atoms with Crippen LogP contribution in [0.4, 0.5) is 0 Å². The molecule has 1 unspecified atom stereocenters. The number of benzene rings is 2. The largest absolute Gasteiger partial charge is 0.310 e. The Morgan fingerprint density at radius 1 is 1.05 bits per heavy atom. The third-order valence-corrected chi connectivity index (χ3v) is 3.87. The minimum Gasteiger partial charge on any atom is -0.310 e. The molecule has 2 aromatic carbocycles. The van der Waals surface area contributed by atoms with E-state index in [4.69, 9.17) is 23.2 Å². The summed E-state index contributed by atoms with van der Waals surface area (Å²) in [4.78, 5) is 0. The van der Waals surface area contributed by atoms with Crippen LogP contribution in [0.5, 0.6) is 0 Å². The first-order valence-electron chi connectivity index (χ1n) is 6.84. The molecule has 1 nitrogen and oxygen atoms in total. The molecule has 0 saturated carbocycles. The van der Waals surface area contributed by atoms with Crippen LogP contribution < -0.4 is 5.32 Å².